The number of nitrogens with one attached hydrogen (secondary N) is 1. The number of hydrogen-bond acceptors (Lipinski definition) is 3. The molecule has 2 aliphatic heterocycles. The second-order valence-electron chi connectivity index (χ2n) is 6.95. The zero-order chi connectivity index (χ0) is 19.8. The van der Waals surface area contributed by atoms with Crippen LogP contribution in [0.2, 0.25) is 0 Å². The largest absolute Gasteiger partial charge is 0.368 e. The number of nitrogens with zero attached hydrogens (tertiary/aromatic N) is 2. The molecule has 2 aromatic carbocycles. The van der Waals surface area contributed by atoms with E-state index >= 15 is 0 Å². The molecule has 0 aromatic heterocycles. The number of amides is 2. The van der Waals surface area contributed by atoms with Gasteiger partial charge in [-0.25, -0.2) is 0 Å². The van der Waals surface area contributed by atoms with Gasteiger partial charge < -0.3 is 15.1 Å². The van der Waals surface area contributed by atoms with E-state index in [-0.39, 0.29) is 5.91 Å². The van der Waals surface area contributed by atoms with Crippen molar-refractivity contribution in [3.63, 3.8) is 0 Å². The smallest absolute Gasteiger partial charge is 0.256 e. The summed E-state index contributed by atoms with van der Waals surface area (Å²) < 4.78 is 1.83. The van der Waals surface area contributed by atoms with Crippen LogP contribution >= 0.6 is 31.9 Å². The Balaban J connectivity index is 1.61. The van der Waals surface area contributed by atoms with Crippen LogP contribution in [0.15, 0.2) is 39.3 Å². The molecule has 0 saturated carbocycles. The predicted octanol–water partition coefficient (Wildman–Crippen LogP) is 4.29. The van der Waals surface area contributed by atoms with E-state index in [1.165, 1.54) is 0 Å². The summed E-state index contributed by atoms with van der Waals surface area (Å²) in [5.74, 6) is -0.0917. The molecule has 1 saturated heterocycles. The highest BCUT2D eigenvalue weighted by Gasteiger charge is 2.29. The van der Waals surface area contributed by atoms with Gasteiger partial charge in [0.2, 0.25) is 6.41 Å². The van der Waals surface area contributed by atoms with Gasteiger partial charge >= 0.3 is 0 Å². The van der Waals surface area contributed by atoms with Crippen molar-refractivity contribution >= 4 is 67.2 Å². The first-order valence-corrected chi connectivity index (χ1v) is 10.6. The number of fused-ring (bicyclic) bond motifs is 1. The minimum atomic E-state index is -0.0917. The molecule has 7 heteroatoms. The summed E-state index contributed by atoms with van der Waals surface area (Å²) in [5, 5.41) is 2.96. The molecular formula is C21H19Br2N3O2. The van der Waals surface area contributed by atoms with Crippen molar-refractivity contribution < 1.29 is 9.59 Å². The molecule has 144 valence electrons. The van der Waals surface area contributed by atoms with E-state index in [0.717, 1.165) is 69.6 Å². The highest BCUT2D eigenvalue weighted by Crippen LogP contribution is 2.43. The molecule has 0 unspecified atom stereocenters. The molecule has 0 spiro atoms. The summed E-state index contributed by atoms with van der Waals surface area (Å²) >= 11 is 7.10. The van der Waals surface area contributed by atoms with Gasteiger partial charge in [0.25, 0.3) is 5.91 Å². The van der Waals surface area contributed by atoms with Gasteiger partial charge in [-0.3, -0.25) is 9.59 Å². The molecule has 0 atom stereocenters. The second-order valence-corrected chi connectivity index (χ2v) is 8.66. The molecule has 2 heterocycles. The maximum absolute atomic E-state index is 12.6. The number of rotatable bonds is 3. The molecule has 2 amide bonds. The Morgan fingerprint density at radius 3 is 2.36 bits per heavy atom. The molecule has 0 bridgehead atoms. The average molecular weight is 505 g/mol. The summed E-state index contributed by atoms with van der Waals surface area (Å²) in [5.41, 5.74) is 5.56. The number of hydrogen-bond donors (Lipinski definition) is 1. The summed E-state index contributed by atoms with van der Waals surface area (Å²) in [4.78, 5) is 27.5. The van der Waals surface area contributed by atoms with Crippen LogP contribution in [0.5, 0.6) is 0 Å². The number of anilines is 2. The zero-order valence-electron chi connectivity index (χ0n) is 15.3. The number of carbonyl (C=O) groups excluding carboxylic acids is 2. The van der Waals surface area contributed by atoms with Crippen LogP contribution in [0.1, 0.15) is 16.7 Å². The zero-order valence-corrected chi connectivity index (χ0v) is 18.5. The lowest BCUT2D eigenvalue weighted by Crippen LogP contribution is -2.45. The number of piperazine rings is 1. The third-order valence-corrected chi connectivity index (χ3v) is 6.71. The van der Waals surface area contributed by atoms with Gasteiger partial charge in [0, 0.05) is 51.9 Å². The van der Waals surface area contributed by atoms with E-state index in [2.05, 4.69) is 54.2 Å². The normalized spacial score (nSPS) is 17.7. The lowest BCUT2D eigenvalue weighted by Gasteiger charge is -2.34. The first-order valence-electron chi connectivity index (χ1n) is 9.04. The maximum atomic E-state index is 12.6. The van der Waals surface area contributed by atoms with Crippen molar-refractivity contribution in [2.24, 2.45) is 0 Å². The first-order chi connectivity index (χ1) is 13.5. The van der Waals surface area contributed by atoms with E-state index in [9.17, 15) is 9.59 Å². The van der Waals surface area contributed by atoms with Crippen LogP contribution in [0.4, 0.5) is 11.4 Å². The van der Waals surface area contributed by atoms with Crippen LogP contribution < -0.4 is 10.2 Å². The summed E-state index contributed by atoms with van der Waals surface area (Å²) in [6.07, 6.45) is 2.84. The third-order valence-electron chi connectivity index (χ3n) is 5.26. The van der Waals surface area contributed by atoms with E-state index in [4.69, 9.17) is 0 Å². The second kappa shape index (κ2) is 7.72. The van der Waals surface area contributed by atoms with Crippen LogP contribution in [-0.2, 0) is 9.59 Å². The fraction of sp³-hybridized carbons (Fsp3) is 0.238. The van der Waals surface area contributed by atoms with E-state index in [1.807, 2.05) is 31.2 Å². The van der Waals surface area contributed by atoms with Crippen LogP contribution in [0, 0.1) is 6.92 Å². The number of halogens is 2. The Morgan fingerprint density at radius 1 is 1.04 bits per heavy atom. The van der Waals surface area contributed by atoms with Crippen molar-refractivity contribution in [3.05, 3.63) is 56.0 Å². The molecule has 1 fully saturated rings. The van der Waals surface area contributed by atoms with E-state index in [0.29, 0.717) is 5.57 Å². The van der Waals surface area contributed by atoms with Gasteiger partial charge in [0.05, 0.1) is 5.69 Å². The topological polar surface area (TPSA) is 52.7 Å². The van der Waals surface area contributed by atoms with Gasteiger partial charge in [-0.15, -0.1) is 0 Å². The Bertz CT molecular complexity index is 978. The molecule has 4 rings (SSSR count). The van der Waals surface area contributed by atoms with Crippen LogP contribution in [-0.4, -0.2) is 43.4 Å². The quantitative estimate of drug-likeness (QED) is 0.501. The summed E-state index contributed by atoms with van der Waals surface area (Å²) in [7, 11) is 0. The van der Waals surface area contributed by atoms with Crippen molar-refractivity contribution in [3.8, 4) is 0 Å². The van der Waals surface area contributed by atoms with Gasteiger partial charge in [0.1, 0.15) is 0 Å². The van der Waals surface area contributed by atoms with Crippen LogP contribution in [0.25, 0.3) is 11.6 Å². The SMILES string of the molecule is Cc1c(Br)cc(Br)c2c1C(=Cc1ccc(N3CCN(C=O)CC3)cc1)C(=O)N2. The third kappa shape index (κ3) is 3.49. The molecule has 2 aliphatic rings. The summed E-state index contributed by atoms with van der Waals surface area (Å²) in [6.45, 7) is 5.16. The molecule has 1 N–H and O–H groups in total. The molecular weight excluding hydrogens is 486 g/mol. The Labute approximate surface area is 180 Å². The fourth-order valence-electron chi connectivity index (χ4n) is 3.64. The molecule has 2 aromatic rings. The Kier molecular flexibility index (Phi) is 5.29. The van der Waals surface area contributed by atoms with Crippen molar-refractivity contribution in [2.75, 3.05) is 36.4 Å². The highest BCUT2D eigenvalue weighted by molar-refractivity contribution is 9.11. The van der Waals surface area contributed by atoms with Crippen LogP contribution in [0.3, 0.4) is 0 Å². The standard InChI is InChI=1S/C21H19Br2N3O2/c1-13-17(22)11-18(23)20-19(13)16(21(28)24-20)10-14-2-4-15(5-3-14)26-8-6-25(12-27)7-9-26/h2-5,10-12H,6-9H2,1H3,(H,24,28). The van der Waals surface area contributed by atoms with Crippen molar-refractivity contribution in [1.29, 1.82) is 0 Å². The average Bonchev–Trinajstić information content (AvgIpc) is 3.04. The monoisotopic (exact) mass is 503 g/mol. The summed E-state index contributed by atoms with van der Waals surface area (Å²) in [6, 6.07) is 10.2. The molecule has 0 aliphatic carbocycles. The number of carbonyl (C=O) groups is 2. The molecule has 5 nitrogen and oxygen atoms in total. The van der Waals surface area contributed by atoms with E-state index in [1.54, 1.807) is 4.90 Å². The minimum Gasteiger partial charge on any atom is -0.368 e. The highest BCUT2D eigenvalue weighted by atomic mass is 79.9. The fourth-order valence-corrected chi connectivity index (χ4v) is 4.90. The van der Waals surface area contributed by atoms with Gasteiger partial charge in [-0.05, 0) is 58.3 Å². The molecule has 0 radical (unpaired) electrons. The van der Waals surface area contributed by atoms with E-state index < -0.39 is 0 Å². The first kappa shape index (κ1) is 19.2. The lowest BCUT2D eigenvalue weighted by molar-refractivity contribution is -0.118. The maximum Gasteiger partial charge on any atom is 0.256 e. The Hall–Kier alpha value is -2.12. The Morgan fingerprint density at radius 2 is 1.71 bits per heavy atom. The van der Waals surface area contributed by atoms with Crippen molar-refractivity contribution in [1.82, 2.24) is 4.90 Å². The predicted molar refractivity (Wildman–Crippen MR) is 119 cm³/mol. The minimum absolute atomic E-state index is 0.0917. The molecule has 28 heavy (non-hydrogen) atoms. The van der Waals surface area contributed by atoms with Gasteiger partial charge in [-0.1, -0.05) is 28.1 Å². The van der Waals surface area contributed by atoms with Gasteiger partial charge in [-0.2, -0.15) is 0 Å². The number of benzene rings is 2. The lowest BCUT2D eigenvalue weighted by atomic mass is 9.99. The van der Waals surface area contributed by atoms with Gasteiger partial charge in [0.15, 0.2) is 0 Å². The van der Waals surface area contributed by atoms with Crippen molar-refractivity contribution in [2.45, 2.75) is 6.92 Å².